The van der Waals surface area contributed by atoms with E-state index in [4.69, 9.17) is 22.9 Å². The Labute approximate surface area is 251 Å². The van der Waals surface area contributed by atoms with E-state index in [0.29, 0.717) is 11.3 Å². The van der Waals surface area contributed by atoms with Gasteiger partial charge in [0.05, 0.1) is 18.8 Å². The Kier molecular flexibility index (Phi) is 11.8. The number of carbonyl (C=O) groups is 5. The Morgan fingerprint density at radius 3 is 2.25 bits per heavy atom. The molecule has 44 heavy (non-hydrogen) atoms. The molecule has 0 saturated carbocycles. The fraction of sp³-hybridized carbons (Fsp3) is 0.370. The van der Waals surface area contributed by atoms with Crippen molar-refractivity contribution in [2.75, 3.05) is 6.54 Å². The highest BCUT2D eigenvalue weighted by molar-refractivity contribution is 5.95. The molecule has 17 nitrogen and oxygen atoms in total. The Morgan fingerprint density at radius 1 is 0.909 bits per heavy atom. The van der Waals surface area contributed by atoms with Crippen LogP contribution in [-0.4, -0.2) is 86.3 Å². The van der Waals surface area contributed by atoms with Crippen molar-refractivity contribution >= 4 is 46.5 Å². The number of aliphatic imine (C=N–C) groups is 1. The maximum absolute atomic E-state index is 13.5. The highest BCUT2D eigenvalue weighted by Gasteiger charge is 2.31. The lowest BCUT2D eigenvalue weighted by Crippen LogP contribution is -2.58. The van der Waals surface area contributed by atoms with Crippen LogP contribution < -0.4 is 38.9 Å². The Morgan fingerprint density at radius 2 is 1.59 bits per heavy atom. The van der Waals surface area contributed by atoms with Crippen LogP contribution in [0.1, 0.15) is 30.5 Å². The standard InChI is InChI=1S/C27H37N11O6/c28-17(10-22(29)39)23(40)37-20(9-15-12-32-13-35-15)25(42)36-19(6-3-7-33-27(30)31)24(41)38-21(26(43)44)8-14-11-34-18-5-2-1-4-16(14)18/h1-2,4-5,11-13,17,19-21,34H,3,6-10,28H2,(H2,29,39)(H,32,35)(H,36,42)(H,37,40)(H,38,41)(H,43,44)(H4,30,31,33). The average Bonchev–Trinajstić information content (AvgIpc) is 3.63. The van der Waals surface area contributed by atoms with Gasteiger partial charge in [0.1, 0.15) is 18.1 Å². The van der Waals surface area contributed by atoms with Gasteiger partial charge in [0.25, 0.3) is 0 Å². The predicted octanol–water partition coefficient (Wildman–Crippen LogP) is -2.53. The third-order valence-electron chi connectivity index (χ3n) is 6.66. The van der Waals surface area contributed by atoms with Crippen LogP contribution in [0.5, 0.6) is 0 Å². The van der Waals surface area contributed by atoms with Crippen LogP contribution in [0.15, 0.2) is 48.0 Å². The van der Waals surface area contributed by atoms with Gasteiger partial charge < -0.3 is 54.0 Å². The first-order valence-electron chi connectivity index (χ1n) is 13.7. The van der Waals surface area contributed by atoms with Crippen LogP contribution in [0, 0.1) is 0 Å². The Balaban J connectivity index is 1.79. The highest BCUT2D eigenvalue weighted by Crippen LogP contribution is 2.19. The zero-order valence-electron chi connectivity index (χ0n) is 23.8. The van der Waals surface area contributed by atoms with Gasteiger partial charge >= 0.3 is 5.97 Å². The number of H-pyrrole nitrogens is 2. The molecule has 0 fully saturated rings. The van der Waals surface area contributed by atoms with Gasteiger partial charge in [-0.2, -0.15) is 0 Å². The summed E-state index contributed by atoms with van der Waals surface area (Å²) in [6.45, 7) is 0.135. The summed E-state index contributed by atoms with van der Waals surface area (Å²) in [6, 6.07) is 2.19. The number of guanidine groups is 1. The molecule has 0 spiro atoms. The van der Waals surface area contributed by atoms with E-state index in [0.717, 1.165) is 10.9 Å². The number of hydrogen-bond donors (Lipinski definition) is 10. The summed E-state index contributed by atoms with van der Waals surface area (Å²) in [7, 11) is 0. The smallest absolute Gasteiger partial charge is 0.326 e. The van der Waals surface area contributed by atoms with Crippen LogP contribution in [0.25, 0.3) is 10.9 Å². The number of aromatic amines is 2. The van der Waals surface area contributed by atoms with Crippen molar-refractivity contribution in [1.82, 2.24) is 30.9 Å². The van der Waals surface area contributed by atoms with Crippen molar-refractivity contribution in [3.63, 3.8) is 0 Å². The maximum Gasteiger partial charge on any atom is 0.326 e. The fourth-order valence-electron chi connectivity index (χ4n) is 4.45. The summed E-state index contributed by atoms with van der Waals surface area (Å²) in [5.41, 5.74) is 23.6. The number of nitrogens with two attached hydrogens (primary N) is 4. The monoisotopic (exact) mass is 611 g/mol. The third-order valence-corrected chi connectivity index (χ3v) is 6.66. The van der Waals surface area contributed by atoms with E-state index in [2.05, 4.69) is 35.9 Å². The molecule has 0 aliphatic carbocycles. The summed E-state index contributed by atoms with van der Waals surface area (Å²) in [5, 5.41) is 18.3. The number of carboxylic acids is 1. The number of amides is 4. The second-order valence-corrected chi connectivity index (χ2v) is 10.1. The topological polar surface area (TPSA) is 303 Å². The third kappa shape index (κ3) is 9.83. The van der Waals surface area contributed by atoms with Gasteiger partial charge in [-0.1, -0.05) is 18.2 Å². The molecule has 14 N–H and O–H groups in total. The Bertz CT molecular complexity index is 1480. The summed E-state index contributed by atoms with van der Waals surface area (Å²) >= 11 is 0. The zero-order chi connectivity index (χ0) is 32.2. The number of imidazole rings is 1. The normalized spacial score (nSPS) is 13.7. The van der Waals surface area contributed by atoms with Gasteiger partial charge in [-0.25, -0.2) is 9.78 Å². The van der Waals surface area contributed by atoms with Crippen molar-refractivity contribution in [3.05, 3.63) is 54.2 Å². The van der Waals surface area contributed by atoms with E-state index < -0.39 is 60.2 Å². The second-order valence-electron chi connectivity index (χ2n) is 10.1. The van der Waals surface area contributed by atoms with Gasteiger partial charge in [-0.15, -0.1) is 0 Å². The number of para-hydroxylation sites is 1. The minimum Gasteiger partial charge on any atom is -0.480 e. The molecule has 4 unspecified atom stereocenters. The first-order chi connectivity index (χ1) is 20.9. The summed E-state index contributed by atoms with van der Waals surface area (Å²) in [4.78, 5) is 76.6. The molecule has 4 atom stereocenters. The van der Waals surface area contributed by atoms with E-state index in [9.17, 15) is 29.1 Å². The maximum atomic E-state index is 13.5. The number of rotatable bonds is 17. The molecule has 17 heteroatoms. The quantitative estimate of drug-likeness (QED) is 0.0433. The molecule has 0 saturated heterocycles. The largest absolute Gasteiger partial charge is 0.480 e. The number of aliphatic carboxylic acids is 1. The Hall–Kier alpha value is -5.45. The summed E-state index contributed by atoms with van der Waals surface area (Å²) in [6.07, 6.45) is 4.22. The number of nitrogens with one attached hydrogen (secondary N) is 5. The second kappa shape index (κ2) is 15.7. The molecule has 3 rings (SSSR count). The lowest BCUT2D eigenvalue weighted by molar-refractivity contribution is -0.142. The number of fused-ring (bicyclic) bond motifs is 1. The van der Waals surface area contributed by atoms with Gasteiger partial charge in [0.2, 0.25) is 23.6 Å². The molecule has 236 valence electrons. The van der Waals surface area contributed by atoms with E-state index in [1.807, 2.05) is 24.3 Å². The SMILES string of the molecule is NC(=O)CC(N)C(=O)NC(Cc1cnc[nH]1)C(=O)NC(CCCN=C(N)N)C(=O)NC(Cc1c[nH]c2ccccc12)C(=O)O. The van der Waals surface area contributed by atoms with Crippen molar-refractivity contribution in [2.24, 2.45) is 27.9 Å². The number of benzene rings is 1. The van der Waals surface area contributed by atoms with Gasteiger partial charge in [0, 0.05) is 48.4 Å². The first kappa shape index (κ1) is 33.1. The first-order valence-corrected chi connectivity index (χ1v) is 13.7. The molecule has 1 aromatic carbocycles. The predicted molar refractivity (Wildman–Crippen MR) is 159 cm³/mol. The molecule has 0 bridgehead atoms. The molecule has 0 aliphatic heterocycles. The van der Waals surface area contributed by atoms with Crippen LogP contribution in [-0.2, 0) is 36.8 Å². The minimum atomic E-state index is -1.33. The van der Waals surface area contributed by atoms with E-state index in [1.54, 1.807) is 6.20 Å². The van der Waals surface area contributed by atoms with E-state index in [-0.39, 0.29) is 38.2 Å². The van der Waals surface area contributed by atoms with Crippen molar-refractivity contribution in [2.45, 2.75) is 56.3 Å². The molecule has 0 radical (unpaired) electrons. The number of nitrogens with zero attached hydrogens (tertiary/aromatic N) is 2. The van der Waals surface area contributed by atoms with Crippen molar-refractivity contribution < 1.29 is 29.1 Å². The number of carboxylic acid groups (broad SMARTS) is 1. The van der Waals surface area contributed by atoms with Crippen LogP contribution in [0.3, 0.4) is 0 Å². The number of carbonyl (C=O) groups excluding carboxylic acids is 4. The molecule has 4 amide bonds. The summed E-state index contributed by atoms with van der Waals surface area (Å²) < 4.78 is 0. The van der Waals surface area contributed by atoms with E-state index >= 15 is 0 Å². The van der Waals surface area contributed by atoms with Crippen LogP contribution in [0.2, 0.25) is 0 Å². The summed E-state index contributed by atoms with van der Waals surface area (Å²) in [5.74, 6) is -4.60. The molecular weight excluding hydrogens is 574 g/mol. The van der Waals surface area contributed by atoms with Gasteiger partial charge in [0.15, 0.2) is 5.96 Å². The van der Waals surface area contributed by atoms with E-state index in [1.165, 1.54) is 12.5 Å². The lowest BCUT2D eigenvalue weighted by atomic mass is 10.0. The molecular formula is C27H37N11O6. The molecule has 2 aromatic heterocycles. The molecule has 0 aliphatic rings. The number of aromatic nitrogens is 3. The fourth-order valence-corrected chi connectivity index (χ4v) is 4.45. The number of primary amides is 1. The van der Waals surface area contributed by atoms with Crippen molar-refractivity contribution in [1.29, 1.82) is 0 Å². The highest BCUT2D eigenvalue weighted by atomic mass is 16.4. The molecule has 3 aromatic rings. The van der Waals surface area contributed by atoms with Gasteiger partial charge in [-0.3, -0.25) is 24.2 Å². The van der Waals surface area contributed by atoms with Crippen molar-refractivity contribution in [3.8, 4) is 0 Å². The average molecular weight is 612 g/mol. The number of hydrogen-bond acceptors (Lipinski definition) is 8. The minimum absolute atomic E-state index is 0.0275. The van der Waals surface area contributed by atoms with Gasteiger partial charge in [-0.05, 0) is 24.5 Å². The van der Waals surface area contributed by atoms with Crippen LogP contribution in [0.4, 0.5) is 0 Å². The zero-order valence-corrected chi connectivity index (χ0v) is 23.8. The van der Waals surface area contributed by atoms with Crippen LogP contribution >= 0.6 is 0 Å². The molecule has 2 heterocycles. The lowest BCUT2D eigenvalue weighted by Gasteiger charge is -2.25.